The normalized spacial score (nSPS) is 14.7. The molecular formula is C34H25FN2O4S. The number of carbonyl (C=O) groups is 1. The number of methoxy groups -OCH3 is 2. The topological polar surface area (TPSA) is 69.9 Å². The van der Waals surface area contributed by atoms with Crippen molar-refractivity contribution in [2.24, 2.45) is 4.99 Å². The van der Waals surface area contributed by atoms with Gasteiger partial charge >= 0.3 is 0 Å². The van der Waals surface area contributed by atoms with Crippen LogP contribution in [0.25, 0.3) is 11.8 Å². The average Bonchev–Trinajstić information content (AvgIpc) is 3.35. The van der Waals surface area contributed by atoms with Crippen LogP contribution in [-0.2, 0) is 0 Å². The third-order valence-electron chi connectivity index (χ3n) is 7.05. The summed E-state index contributed by atoms with van der Waals surface area (Å²) in [6, 6.07) is 28.8. The summed E-state index contributed by atoms with van der Waals surface area (Å²) in [5.74, 6) is 0.429. The number of hydrogen-bond acceptors (Lipinski definition) is 6. The van der Waals surface area contributed by atoms with E-state index < -0.39 is 11.9 Å². The van der Waals surface area contributed by atoms with Crippen molar-refractivity contribution in [2.45, 2.75) is 6.04 Å². The number of benzene rings is 4. The average molecular weight is 577 g/mol. The Balaban J connectivity index is 1.64. The van der Waals surface area contributed by atoms with Gasteiger partial charge in [0.1, 0.15) is 5.82 Å². The van der Waals surface area contributed by atoms with Crippen LogP contribution in [-0.4, -0.2) is 24.6 Å². The maximum atomic E-state index is 14.2. The fourth-order valence-electron chi connectivity index (χ4n) is 5.05. The van der Waals surface area contributed by atoms with Crippen LogP contribution >= 0.6 is 11.3 Å². The Labute approximate surface area is 245 Å². The summed E-state index contributed by atoms with van der Waals surface area (Å²) in [7, 11) is 3.11. The lowest BCUT2D eigenvalue weighted by Crippen LogP contribution is -2.39. The van der Waals surface area contributed by atoms with E-state index in [0.717, 1.165) is 11.1 Å². The van der Waals surface area contributed by atoms with Crippen LogP contribution in [0.5, 0.6) is 11.5 Å². The molecule has 6 nitrogen and oxygen atoms in total. The summed E-state index contributed by atoms with van der Waals surface area (Å²) >= 11 is 1.23. The molecule has 8 heteroatoms. The molecule has 1 atom stereocenters. The molecular weight excluding hydrogens is 551 g/mol. The van der Waals surface area contributed by atoms with Crippen molar-refractivity contribution in [3.05, 3.63) is 156 Å². The summed E-state index contributed by atoms with van der Waals surface area (Å²) in [5, 5.41) is 0. The minimum atomic E-state index is -0.836. The number of carbonyl (C=O) groups excluding carboxylic acids is 1. The largest absolute Gasteiger partial charge is 0.493 e. The fourth-order valence-corrected chi connectivity index (χ4v) is 6.06. The molecule has 2 heterocycles. The van der Waals surface area contributed by atoms with E-state index in [1.54, 1.807) is 68.8 Å². The number of halogens is 1. The first kappa shape index (κ1) is 27.1. The summed E-state index contributed by atoms with van der Waals surface area (Å²) in [5.41, 5.74) is 3.03. The third kappa shape index (κ3) is 4.97. The lowest BCUT2D eigenvalue weighted by atomic mass is 9.88. The van der Waals surface area contributed by atoms with Crippen molar-refractivity contribution in [2.75, 3.05) is 14.2 Å². The molecule has 5 aromatic rings. The number of aromatic nitrogens is 1. The summed E-state index contributed by atoms with van der Waals surface area (Å²) in [4.78, 5) is 33.7. The van der Waals surface area contributed by atoms with Gasteiger partial charge in [-0.15, -0.1) is 0 Å². The van der Waals surface area contributed by atoms with Gasteiger partial charge < -0.3 is 9.47 Å². The van der Waals surface area contributed by atoms with E-state index in [9.17, 15) is 14.0 Å². The molecule has 0 bridgehead atoms. The monoisotopic (exact) mass is 576 g/mol. The van der Waals surface area contributed by atoms with Crippen molar-refractivity contribution < 1.29 is 18.7 Å². The maximum Gasteiger partial charge on any atom is 0.271 e. The van der Waals surface area contributed by atoms with Gasteiger partial charge in [0.2, 0.25) is 0 Å². The molecule has 1 aromatic heterocycles. The van der Waals surface area contributed by atoms with Gasteiger partial charge in [-0.2, -0.15) is 0 Å². The van der Waals surface area contributed by atoms with Crippen molar-refractivity contribution >= 4 is 28.9 Å². The lowest BCUT2D eigenvalue weighted by molar-refractivity contribution is 0.102. The van der Waals surface area contributed by atoms with E-state index in [1.165, 1.54) is 28.0 Å². The summed E-state index contributed by atoms with van der Waals surface area (Å²) in [6.45, 7) is 0. The van der Waals surface area contributed by atoms with E-state index >= 15 is 0 Å². The SMILES string of the molecule is COc1ccc(/C=c2\sc3n(c2=O)C(c2ccc(F)cc2)C(C(=O)c2ccccc2)=C(c2ccccc2)N=3)cc1OC. The van der Waals surface area contributed by atoms with E-state index in [2.05, 4.69) is 0 Å². The number of fused-ring (bicyclic) bond motifs is 1. The molecule has 42 heavy (non-hydrogen) atoms. The van der Waals surface area contributed by atoms with Crippen molar-refractivity contribution in [1.29, 1.82) is 0 Å². The second-order valence-corrected chi connectivity index (χ2v) is 10.6. The highest BCUT2D eigenvalue weighted by atomic mass is 32.1. The van der Waals surface area contributed by atoms with E-state index in [0.29, 0.717) is 43.2 Å². The van der Waals surface area contributed by atoms with Gasteiger partial charge in [-0.05, 0) is 41.5 Å². The van der Waals surface area contributed by atoms with Crippen LogP contribution in [0, 0.1) is 5.82 Å². The summed E-state index contributed by atoms with van der Waals surface area (Å²) < 4.78 is 26.8. The Morgan fingerprint density at radius 1 is 0.881 bits per heavy atom. The van der Waals surface area contributed by atoms with E-state index in [4.69, 9.17) is 14.5 Å². The second-order valence-electron chi connectivity index (χ2n) is 9.57. The zero-order chi connectivity index (χ0) is 29.2. The Morgan fingerprint density at radius 3 is 2.21 bits per heavy atom. The Hall–Kier alpha value is -5.08. The van der Waals surface area contributed by atoms with Gasteiger partial charge in [0.15, 0.2) is 22.1 Å². The van der Waals surface area contributed by atoms with Crippen LogP contribution in [0.2, 0.25) is 0 Å². The number of ketones is 1. The molecule has 208 valence electrons. The highest BCUT2D eigenvalue weighted by Gasteiger charge is 2.34. The standard InChI is InChI=1S/C34H25FN2O4S/c1-40-26-18-13-21(19-27(26)41-2)20-28-33(39)37-31(23-14-16-25(35)17-15-23)29(32(38)24-11-7-4-8-12-24)30(36-34(37)42-28)22-9-5-3-6-10-22/h3-20,31H,1-2H3/b28-20-. The first-order valence-corrected chi connectivity index (χ1v) is 14.0. The first-order valence-electron chi connectivity index (χ1n) is 13.2. The second kappa shape index (κ2) is 11.4. The number of allylic oxidation sites excluding steroid dienone is 1. The first-order chi connectivity index (χ1) is 20.5. The van der Waals surface area contributed by atoms with Gasteiger partial charge in [-0.3, -0.25) is 14.2 Å². The predicted octanol–water partition coefficient (Wildman–Crippen LogP) is 5.41. The predicted molar refractivity (Wildman–Crippen MR) is 161 cm³/mol. The highest BCUT2D eigenvalue weighted by molar-refractivity contribution is 7.07. The van der Waals surface area contributed by atoms with Gasteiger partial charge in [0, 0.05) is 11.1 Å². The maximum absolute atomic E-state index is 14.2. The zero-order valence-corrected chi connectivity index (χ0v) is 23.6. The number of rotatable bonds is 7. The molecule has 4 aromatic carbocycles. The molecule has 0 N–H and O–H groups in total. The molecule has 0 saturated heterocycles. The molecule has 0 radical (unpaired) electrons. The Kier molecular flexibility index (Phi) is 7.37. The van der Waals surface area contributed by atoms with E-state index in [1.807, 2.05) is 42.5 Å². The number of ether oxygens (including phenoxy) is 2. The van der Waals surface area contributed by atoms with Gasteiger partial charge in [0.05, 0.1) is 36.1 Å². The molecule has 1 aliphatic rings. The van der Waals surface area contributed by atoms with Gasteiger partial charge in [-0.1, -0.05) is 90.2 Å². The Morgan fingerprint density at radius 2 is 1.55 bits per heavy atom. The number of hydrogen-bond donors (Lipinski definition) is 0. The molecule has 6 rings (SSSR count). The third-order valence-corrected chi connectivity index (χ3v) is 8.03. The molecule has 1 unspecified atom stereocenters. The van der Waals surface area contributed by atoms with Crippen molar-refractivity contribution in [1.82, 2.24) is 4.57 Å². The minimum absolute atomic E-state index is 0.262. The van der Waals surface area contributed by atoms with Crippen molar-refractivity contribution in [3.63, 3.8) is 0 Å². The molecule has 0 spiro atoms. The highest BCUT2D eigenvalue weighted by Crippen LogP contribution is 2.36. The van der Waals surface area contributed by atoms with Crippen LogP contribution in [0.15, 0.2) is 118 Å². The molecule has 0 fully saturated rings. The summed E-state index contributed by atoms with van der Waals surface area (Å²) in [6.07, 6.45) is 1.76. The Bertz CT molecular complexity index is 2000. The van der Waals surface area contributed by atoms with Crippen LogP contribution < -0.4 is 24.4 Å². The van der Waals surface area contributed by atoms with Gasteiger partial charge in [-0.25, -0.2) is 9.38 Å². The number of thiazole rings is 1. The zero-order valence-electron chi connectivity index (χ0n) is 22.8. The van der Waals surface area contributed by atoms with Crippen LogP contribution in [0.1, 0.15) is 33.1 Å². The van der Waals surface area contributed by atoms with Gasteiger partial charge in [0.25, 0.3) is 5.56 Å². The molecule has 0 aliphatic carbocycles. The smallest absolute Gasteiger partial charge is 0.271 e. The van der Waals surface area contributed by atoms with Crippen LogP contribution in [0.4, 0.5) is 4.39 Å². The minimum Gasteiger partial charge on any atom is -0.493 e. The molecule has 0 saturated carbocycles. The molecule has 0 amide bonds. The fraction of sp³-hybridized carbons (Fsp3) is 0.0882. The van der Waals surface area contributed by atoms with E-state index in [-0.39, 0.29) is 11.3 Å². The van der Waals surface area contributed by atoms with Crippen molar-refractivity contribution in [3.8, 4) is 11.5 Å². The van der Waals surface area contributed by atoms with Crippen LogP contribution in [0.3, 0.4) is 0 Å². The lowest BCUT2D eigenvalue weighted by Gasteiger charge is -2.26. The quantitative estimate of drug-likeness (QED) is 0.243. The molecule has 1 aliphatic heterocycles. The number of Topliss-reactive ketones (excluding diaryl/α,β-unsaturated/α-hetero) is 1. The number of nitrogens with zero attached hydrogens (tertiary/aromatic N) is 2.